The Labute approximate surface area is 195 Å². The number of halogens is 5. The van der Waals surface area contributed by atoms with E-state index in [4.69, 9.17) is 11.6 Å². The van der Waals surface area contributed by atoms with E-state index in [0.29, 0.717) is 25.1 Å². The van der Waals surface area contributed by atoms with E-state index in [-0.39, 0.29) is 33.8 Å². The third-order valence-electron chi connectivity index (χ3n) is 5.93. The summed E-state index contributed by atoms with van der Waals surface area (Å²) in [5.74, 6) is -0.965. The molecule has 1 saturated heterocycles. The number of aromatic nitrogens is 4. The number of carbonyl (C=O) groups is 1. The van der Waals surface area contributed by atoms with Crippen LogP contribution in [0.25, 0.3) is 16.8 Å². The smallest absolute Gasteiger partial charge is 0.335 e. The molecule has 4 aromatic rings. The monoisotopic (exact) mass is 490 g/mol. The highest BCUT2D eigenvalue weighted by molar-refractivity contribution is 6.31. The molecule has 4 heterocycles. The lowest BCUT2D eigenvalue weighted by Gasteiger charge is -2.14. The highest BCUT2D eigenvalue weighted by Crippen LogP contribution is 2.35. The van der Waals surface area contributed by atoms with Crippen LogP contribution in [0.15, 0.2) is 55.2 Å². The Hall–Kier alpha value is -3.53. The number of nitrogens with zero attached hydrogens (tertiary/aromatic N) is 4. The molecule has 1 N–H and O–H groups in total. The van der Waals surface area contributed by atoms with Crippen molar-refractivity contribution in [1.29, 1.82) is 0 Å². The van der Waals surface area contributed by atoms with Crippen LogP contribution in [0.5, 0.6) is 0 Å². The molecule has 11 heteroatoms. The van der Waals surface area contributed by atoms with Crippen molar-refractivity contribution in [3.63, 3.8) is 0 Å². The number of aromatic amines is 1. The second-order valence-electron chi connectivity index (χ2n) is 8.07. The van der Waals surface area contributed by atoms with Gasteiger partial charge in [0.05, 0.1) is 0 Å². The van der Waals surface area contributed by atoms with E-state index in [1.165, 1.54) is 42.0 Å². The predicted octanol–water partition coefficient (Wildman–Crippen LogP) is 4.65. The van der Waals surface area contributed by atoms with Gasteiger partial charge in [0.2, 0.25) is 0 Å². The summed E-state index contributed by atoms with van der Waals surface area (Å²) in [6.07, 6.45) is 1.34. The van der Waals surface area contributed by atoms with Crippen molar-refractivity contribution in [2.24, 2.45) is 0 Å². The predicted molar refractivity (Wildman–Crippen MR) is 115 cm³/mol. The van der Waals surface area contributed by atoms with Gasteiger partial charge in [0.25, 0.3) is 22.4 Å². The zero-order chi connectivity index (χ0) is 24.0. The summed E-state index contributed by atoms with van der Waals surface area (Å²) in [7, 11) is 0. The highest BCUT2D eigenvalue weighted by atomic mass is 35.5. The van der Waals surface area contributed by atoms with Crippen molar-refractivity contribution in [3.8, 4) is 11.1 Å². The number of carbonyl (C=O) groups excluding carboxylic acids is 1. The molecule has 1 fully saturated rings. The van der Waals surface area contributed by atoms with Crippen LogP contribution in [0, 0.1) is 5.82 Å². The molecule has 1 aliphatic heterocycles. The molecule has 0 saturated carbocycles. The molecule has 6 nitrogen and oxygen atoms in total. The lowest BCUT2D eigenvalue weighted by atomic mass is 9.98. The van der Waals surface area contributed by atoms with Gasteiger partial charge in [-0.2, -0.15) is 17.6 Å². The van der Waals surface area contributed by atoms with Gasteiger partial charge < -0.3 is 4.90 Å². The van der Waals surface area contributed by atoms with Gasteiger partial charge >= 0.3 is 6.18 Å². The van der Waals surface area contributed by atoms with E-state index in [9.17, 15) is 22.4 Å². The maximum absolute atomic E-state index is 13.9. The van der Waals surface area contributed by atoms with Crippen LogP contribution in [0.3, 0.4) is 0 Å². The van der Waals surface area contributed by atoms with E-state index < -0.39 is 17.6 Å². The van der Waals surface area contributed by atoms with Crippen LogP contribution in [0.2, 0.25) is 5.15 Å². The number of H-pyrrole nitrogens is 1. The number of imidazole rings is 1. The fraction of sp³-hybridized carbons (Fsp3) is 0.217. The lowest BCUT2D eigenvalue weighted by Crippen LogP contribution is -2.30. The first kappa shape index (κ1) is 22.3. The molecule has 1 aliphatic rings. The van der Waals surface area contributed by atoms with E-state index in [1.54, 1.807) is 12.1 Å². The minimum atomic E-state index is -4.71. The molecule has 0 aliphatic carbocycles. The van der Waals surface area contributed by atoms with Gasteiger partial charge in [0.15, 0.2) is 0 Å². The summed E-state index contributed by atoms with van der Waals surface area (Å²) in [5, 5.41) is -0.168. The molecule has 1 aromatic carbocycles. The van der Waals surface area contributed by atoms with Crippen molar-refractivity contribution in [2.75, 3.05) is 13.1 Å². The summed E-state index contributed by atoms with van der Waals surface area (Å²) < 4.78 is 56.4. The zero-order valence-corrected chi connectivity index (χ0v) is 18.2. The number of nitrogens with one attached hydrogen (secondary N) is 1. The van der Waals surface area contributed by atoms with Gasteiger partial charge in [-0.25, -0.2) is 19.3 Å². The Kier molecular flexibility index (Phi) is 5.47. The minimum Gasteiger partial charge on any atom is -0.335 e. The second-order valence-corrected chi connectivity index (χ2v) is 8.43. The van der Waals surface area contributed by atoms with Crippen LogP contribution in [0.1, 0.15) is 34.0 Å². The van der Waals surface area contributed by atoms with Gasteiger partial charge in [-0.1, -0.05) is 12.1 Å². The van der Waals surface area contributed by atoms with Gasteiger partial charge in [0.1, 0.15) is 23.9 Å². The Morgan fingerprint density at radius 3 is 2.65 bits per heavy atom. The molecule has 0 spiro atoms. The average molecular weight is 491 g/mol. The van der Waals surface area contributed by atoms with Crippen LogP contribution in [-0.4, -0.2) is 38.8 Å². The minimum absolute atomic E-state index is 0.0779. The maximum atomic E-state index is 13.9. The molecular formula is C23H17ClF4N5O+. The fourth-order valence-corrected chi connectivity index (χ4v) is 4.53. The summed E-state index contributed by atoms with van der Waals surface area (Å²) in [4.78, 5) is 25.0. The lowest BCUT2D eigenvalue weighted by molar-refractivity contribution is -0.508. The molecule has 34 heavy (non-hydrogen) atoms. The number of hydrogen-bond acceptors (Lipinski definition) is 3. The van der Waals surface area contributed by atoms with Crippen molar-refractivity contribution < 1.29 is 26.8 Å². The number of pyridine rings is 1. The van der Waals surface area contributed by atoms with E-state index in [0.717, 1.165) is 16.0 Å². The van der Waals surface area contributed by atoms with Gasteiger partial charge in [-0.3, -0.25) is 4.79 Å². The highest BCUT2D eigenvalue weighted by Gasteiger charge is 2.41. The molecular weight excluding hydrogens is 474 g/mol. The van der Waals surface area contributed by atoms with Crippen LogP contribution in [-0.2, 0) is 6.18 Å². The molecule has 1 amide bonds. The molecule has 0 bridgehead atoms. The number of rotatable bonds is 3. The van der Waals surface area contributed by atoms with Gasteiger partial charge in [-0.15, -0.1) is 0 Å². The van der Waals surface area contributed by atoms with Crippen LogP contribution < -0.4 is 4.40 Å². The first-order chi connectivity index (χ1) is 16.2. The molecule has 1 unspecified atom stereocenters. The Morgan fingerprint density at radius 2 is 1.94 bits per heavy atom. The first-order valence-electron chi connectivity index (χ1n) is 10.4. The van der Waals surface area contributed by atoms with E-state index in [1.807, 2.05) is 0 Å². The number of hydrogen-bond donors (Lipinski definition) is 1. The third kappa shape index (κ3) is 3.98. The molecule has 1 atom stereocenters. The third-order valence-corrected chi connectivity index (χ3v) is 6.31. The van der Waals surface area contributed by atoms with Crippen molar-refractivity contribution in [2.45, 2.75) is 18.5 Å². The first-order valence-corrected chi connectivity index (χ1v) is 10.7. The number of fused-ring (bicyclic) bond motifs is 1. The standard InChI is InChI=1S/C23H16ClF4N5O/c24-20-19(22(34)32-5-4-14(10-32)13-2-1-3-17(25)6-13)31-21-18(23(26,27)28)7-15(11-33(20)21)16-8-29-12-30-9-16/h1-3,6-9,11-12,14H,4-5,10H2/p+1. The molecule has 0 radical (unpaired) electrons. The molecule has 174 valence electrons. The van der Waals surface area contributed by atoms with Crippen molar-refractivity contribution in [3.05, 3.63) is 83.0 Å². The van der Waals surface area contributed by atoms with Gasteiger partial charge in [-0.05, 0) is 41.8 Å². The largest absolute Gasteiger partial charge is 0.424 e. The summed E-state index contributed by atoms with van der Waals surface area (Å²) in [6, 6.07) is 7.13. The Balaban J connectivity index is 1.53. The topological polar surface area (TPSA) is 66.0 Å². The van der Waals surface area contributed by atoms with Crippen molar-refractivity contribution >= 4 is 23.2 Å². The average Bonchev–Trinajstić information content (AvgIpc) is 3.44. The number of likely N-dealkylation sites (tertiary alicyclic amines) is 1. The summed E-state index contributed by atoms with van der Waals surface area (Å²) in [6.45, 7) is 0.673. The zero-order valence-electron chi connectivity index (χ0n) is 17.5. The quantitative estimate of drug-likeness (QED) is 0.336. The summed E-state index contributed by atoms with van der Waals surface area (Å²) >= 11 is 6.42. The normalized spacial score (nSPS) is 16.4. The summed E-state index contributed by atoms with van der Waals surface area (Å²) in [5.41, 5.74) is -0.145. The van der Waals surface area contributed by atoms with Crippen LogP contribution >= 0.6 is 11.6 Å². The van der Waals surface area contributed by atoms with E-state index in [2.05, 4.69) is 15.0 Å². The number of alkyl halides is 3. The maximum Gasteiger partial charge on any atom is 0.424 e. The van der Waals surface area contributed by atoms with Crippen LogP contribution in [0.4, 0.5) is 17.6 Å². The Bertz CT molecular complexity index is 1390. The van der Waals surface area contributed by atoms with Crippen molar-refractivity contribution in [1.82, 2.24) is 19.9 Å². The Morgan fingerprint density at radius 1 is 1.18 bits per heavy atom. The van der Waals surface area contributed by atoms with Gasteiger partial charge in [0, 0.05) is 42.5 Å². The van der Waals surface area contributed by atoms with E-state index >= 15 is 0 Å². The SMILES string of the molecule is O=C(c1[nH]c2c(C(F)(F)F)cc(-c3cncnc3)c[n+]2c1Cl)N1CCC(c2cccc(F)c2)C1. The number of benzene rings is 1. The number of amides is 1. The molecule has 3 aromatic heterocycles. The molecule has 5 rings (SSSR count). The fourth-order valence-electron chi connectivity index (χ4n) is 4.27. The second kappa shape index (κ2) is 8.35.